The Bertz CT molecular complexity index is 713. The van der Waals surface area contributed by atoms with Crippen LogP contribution in [0.2, 0.25) is 5.02 Å². The second-order valence-electron chi connectivity index (χ2n) is 3.97. The monoisotopic (exact) mass is 295 g/mol. The van der Waals surface area contributed by atoms with E-state index in [2.05, 4.69) is 4.40 Å². The van der Waals surface area contributed by atoms with Crippen LogP contribution in [0.1, 0.15) is 6.92 Å². The van der Waals surface area contributed by atoms with Gasteiger partial charge in [0.1, 0.15) is 0 Å². The molecule has 0 aromatic heterocycles. The van der Waals surface area contributed by atoms with Crippen LogP contribution >= 0.6 is 11.6 Å². The summed E-state index contributed by atoms with van der Waals surface area (Å²) in [5.74, 6) is -0.150. The molecule has 0 unspecified atom stereocenters. The molecular weight excluding hydrogens is 286 g/mol. The predicted octanol–water partition coefficient (Wildman–Crippen LogP) is 2.55. The number of carbonyl (C=O) groups excluding carboxylic acids is 1. The van der Waals surface area contributed by atoms with E-state index in [1.54, 1.807) is 6.92 Å². The first-order chi connectivity index (χ1) is 8.88. The first-order valence-corrected chi connectivity index (χ1v) is 7.21. The average Bonchev–Trinajstić information content (AvgIpc) is 2.34. The Labute approximate surface area is 116 Å². The van der Waals surface area contributed by atoms with Crippen molar-refractivity contribution in [1.82, 2.24) is 0 Å². The Morgan fingerprint density at radius 3 is 2.32 bits per heavy atom. The van der Waals surface area contributed by atoms with Crippen molar-refractivity contribution in [2.24, 2.45) is 4.40 Å². The fourth-order valence-corrected chi connectivity index (χ4v) is 2.59. The third-order valence-electron chi connectivity index (χ3n) is 2.50. The fraction of sp³-hybridized carbons (Fsp3) is 0.0769. The second kappa shape index (κ2) is 5.11. The van der Waals surface area contributed by atoms with Crippen LogP contribution in [0.4, 0.5) is 0 Å². The van der Waals surface area contributed by atoms with E-state index >= 15 is 0 Å². The van der Waals surface area contributed by atoms with Crippen molar-refractivity contribution >= 4 is 33.1 Å². The van der Waals surface area contributed by atoms with Crippen LogP contribution in [0, 0.1) is 0 Å². The molecule has 19 heavy (non-hydrogen) atoms. The topological polar surface area (TPSA) is 63.6 Å². The number of rotatable bonds is 2. The molecular formula is C13H10ClNO3S. The van der Waals surface area contributed by atoms with Crippen molar-refractivity contribution < 1.29 is 13.2 Å². The lowest BCUT2D eigenvalue weighted by Crippen LogP contribution is -2.08. The Morgan fingerprint density at radius 2 is 1.74 bits per heavy atom. The van der Waals surface area contributed by atoms with E-state index < -0.39 is 10.0 Å². The molecule has 1 aromatic rings. The first kappa shape index (κ1) is 13.7. The summed E-state index contributed by atoms with van der Waals surface area (Å²) in [5.41, 5.74) is 0.680. The molecule has 0 saturated heterocycles. The number of benzene rings is 1. The first-order valence-electron chi connectivity index (χ1n) is 5.40. The van der Waals surface area contributed by atoms with E-state index in [4.69, 9.17) is 11.6 Å². The summed E-state index contributed by atoms with van der Waals surface area (Å²) < 4.78 is 27.7. The number of hydrogen-bond acceptors (Lipinski definition) is 3. The zero-order chi connectivity index (χ0) is 14.0. The van der Waals surface area contributed by atoms with E-state index in [-0.39, 0.29) is 16.4 Å². The van der Waals surface area contributed by atoms with Gasteiger partial charge in [-0.1, -0.05) is 11.6 Å². The molecule has 6 heteroatoms. The van der Waals surface area contributed by atoms with E-state index in [9.17, 15) is 13.2 Å². The van der Waals surface area contributed by atoms with Gasteiger partial charge in [0, 0.05) is 5.02 Å². The average molecular weight is 296 g/mol. The minimum atomic E-state index is -3.80. The summed E-state index contributed by atoms with van der Waals surface area (Å²) >= 11 is 5.70. The van der Waals surface area contributed by atoms with E-state index in [1.807, 2.05) is 0 Å². The van der Waals surface area contributed by atoms with Crippen LogP contribution in [-0.2, 0) is 14.8 Å². The van der Waals surface area contributed by atoms with Crippen molar-refractivity contribution in [2.45, 2.75) is 11.8 Å². The molecule has 0 atom stereocenters. The molecule has 1 aliphatic rings. The molecule has 0 fully saturated rings. The third kappa shape index (κ3) is 3.19. The fourth-order valence-electron chi connectivity index (χ4n) is 1.49. The quantitative estimate of drug-likeness (QED) is 0.788. The lowest BCUT2D eigenvalue weighted by Gasteiger charge is -2.04. The molecule has 0 spiro atoms. The van der Waals surface area contributed by atoms with Crippen LogP contribution < -0.4 is 0 Å². The Hall–Kier alpha value is -1.72. The highest BCUT2D eigenvalue weighted by molar-refractivity contribution is 7.90. The standard InChI is InChI=1S/C13H10ClNO3S/c1-9-8-11(4-7-13(9)16)15-19(17,18)12-5-2-10(14)3-6-12/h2-8H,1H3. The summed E-state index contributed by atoms with van der Waals surface area (Å²) in [6.07, 6.45) is 4.12. The number of carbonyl (C=O) groups is 1. The van der Waals surface area contributed by atoms with Crippen LogP contribution in [0.3, 0.4) is 0 Å². The zero-order valence-corrected chi connectivity index (χ0v) is 11.6. The molecule has 4 nitrogen and oxygen atoms in total. The second-order valence-corrected chi connectivity index (χ2v) is 6.01. The smallest absolute Gasteiger partial charge is 0.282 e. The number of nitrogens with zero attached hydrogens (tertiary/aromatic N) is 1. The molecule has 98 valence electrons. The molecule has 0 radical (unpaired) electrons. The van der Waals surface area contributed by atoms with E-state index in [0.29, 0.717) is 10.6 Å². The largest absolute Gasteiger partial charge is 0.290 e. The Balaban J connectivity index is 2.40. The van der Waals surface area contributed by atoms with Crippen molar-refractivity contribution in [3.8, 4) is 0 Å². The predicted molar refractivity (Wildman–Crippen MR) is 74.0 cm³/mol. The maximum atomic E-state index is 12.0. The van der Waals surface area contributed by atoms with Gasteiger partial charge in [0.05, 0.1) is 10.6 Å². The van der Waals surface area contributed by atoms with Gasteiger partial charge in [-0.2, -0.15) is 12.8 Å². The van der Waals surface area contributed by atoms with Gasteiger partial charge in [0.25, 0.3) is 10.0 Å². The molecule has 0 N–H and O–H groups in total. The number of halogens is 1. The zero-order valence-electron chi connectivity index (χ0n) is 10.00. The highest BCUT2D eigenvalue weighted by Crippen LogP contribution is 2.17. The van der Waals surface area contributed by atoms with Crippen molar-refractivity contribution in [1.29, 1.82) is 0 Å². The normalized spacial score (nSPS) is 17.7. The van der Waals surface area contributed by atoms with Gasteiger partial charge in [-0.05, 0) is 55.0 Å². The minimum absolute atomic E-state index is 0.0563. The van der Waals surface area contributed by atoms with Gasteiger partial charge in [-0.3, -0.25) is 4.79 Å². The van der Waals surface area contributed by atoms with Gasteiger partial charge < -0.3 is 0 Å². The van der Waals surface area contributed by atoms with Gasteiger partial charge >= 0.3 is 0 Å². The van der Waals surface area contributed by atoms with Gasteiger partial charge in [0.15, 0.2) is 5.78 Å². The molecule has 0 aliphatic heterocycles. The van der Waals surface area contributed by atoms with Crippen LogP contribution in [0.15, 0.2) is 57.4 Å². The van der Waals surface area contributed by atoms with Crippen LogP contribution in [0.25, 0.3) is 0 Å². The van der Waals surface area contributed by atoms with Gasteiger partial charge in [0.2, 0.25) is 0 Å². The van der Waals surface area contributed by atoms with Crippen molar-refractivity contribution in [2.75, 3.05) is 0 Å². The highest BCUT2D eigenvalue weighted by atomic mass is 35.5. The molecule has 0 amide bonds. The number of sulfonamides is 1. The molecule has 2 rings (SSSR count). The summed E-state index contributed by atoms with van der Waals surface area (Å²) in [5, 5.41) is 0.450. The molecule has 0 saturated carbocycles. The maximum Gasteiger partial charge on any atom is 0.282 e. The summed E-state index contributed by atoms with van der Waals surface area (Å²) in [7, 11) is -3.80. The third-order valence-corrected chi connectivity index (χ3v) is 4.07. The lowest BCUT2D eigenvalue weighted by atomic mass is 10.1. The number of hydrogen-bond donors (Lipinski definition) is 0. The molecule has 0 heterocycles. The summed E-state index contributed by atoms with van der Waals surface area (Å²) in [6, 6.07) is 5.73. The minimum Gasteiger partial charge on any atom is -0.290 e. The van der Waals surface area contributed by atoms with E-state index in [1.165, 1.54) is 42.5 Å². The van der Waals surface area contributed by atoms with E-state index in [0.717, 1.165) is 0 Å². The maximum absolute atomic E-state index is 12.0. The van der Waals surface area contributed by atoms with Crippen LogP contribution in [-0.4, -0.2) is 19.9 Å². The van der Waals surface area contributed by atoms with Crippen LogP contribution in [0.5, 0.6) is 0 Å². The Kier molecular flexibility index (Phi) is 3.68. The van der Waals surface area contributed by atoms with Crippen molar-refractivity contribution in [3.63, 3.8) is 0 Å². The molecule has 1 aromatic carbocycles. The molecule has 1 aliphatic carbocycles. The number of allylic oxidation sites excluding steroid dienone is 4. The van der Waals surface area contributed by atoms with Crippen molar-refractivity contribution in [3.05, 3.63) is 53.1 Å². The van der Waals surface area contributed by atoms with Gasteiger partial charge in [-0.15, -0.1) is 0 Å². The lowest BCUT2D eigenvalue weighted by molar-refractivity contribution is -0.111. The SMILES string of the molecule is CC1=CC(=NS(=O)(=O)c2ccc(Cl)cc2)C=CC1=O. The summed E-state index contributed by atoms with van der Waals surface area (Å²) in [4.78, 5) is 11.3. The Morgan fingerprint density at radius 1 is 1.11 bits per heavy atom. The number of ketones is 1. The highest BCUT2D eigenvalue weighted by Gasteiger charge is 2.15. The van der Waals surface area contributed by atoms with Gasteiger partial charge in [-0.25, -0.2) is 0 Å². The summed E-state index contributed by atoms with van der Waals surface area (Å²) in [6.45, 7) is 1.61. The molecule has 0 bridgehead atoms.